The Labute approximate surface area is 496 Å². The molecule has 3 fully saturated rings. The maximum atomic E-state index is 16.8. The van der Waals surface area contributed by atoms with Crippen LogP contribution in [0.15, 0.2) is 126 Å². The van der Waals surface area contributed by atoms with Crippen molar-refractivity contribution < 1.29 is 71.1 Å². The molecule has 2 bridgehead atoms. The minimum absolute atomic E-state index is 0.0672. The first kappa shape index (κ1) is 63.7. The van der Waals surface area contributed by atoms with Crippen molar-refractivity contribution in [3.8, 4) is 5.75 Å². The molecule has 2 saturated carbocycles. The van der Waals surface area contributed by atoms with Gasteiger partial charge in [0.1, 0.15) is 36.3 Å². The van der Waals surface area contributed by atoms with Crippen molar-refractivity contribution >= 4 is 52.2 Å². The van der Waals surface area contributed by atoms with Gasteiger partial charge in [-0.2, -0.15) is 0 Å². The number of hydrogen-bond donors (Lipinski definition) is 2. The number of carbonyl (C=O) groups excluding carboxylic acids is 6. The Morgan fingerprint density at radius 2 is 1.36 bits per heavy atom. The van der Waals surface area contributed by atoms with E-state index in [1.807, 2.05) is 70.3 Å². The number of amides is 1. The number of aliphatic hydroxyl groups is 1. The van der Waals surface area contributed by atoms with Crippen molar-refractivity contribution in [2.24, 2.45) is 16.7 Å². The summed E-state index contributed by atoms with van der Waals surface area (Å²) in [6, 6.07) is 34.4. The molecule has 8 rings (SSSR count). The van der Waals surface area contributed by atoms with E-state index < -0.39 is 134 Å². The predicted octanol–water partition coefficient (Wildman–Crippen LogP) is 11.4. The van der Waals surface area contributed by atoms with Crippen molar-refractivity contribution in [3.63, 3.8) is 0 Å². The van der Waals surface area contributed by atoms with Gasteiger partial charge in [0.25, 0.3) is 5.91 Å². The number of fused-ring (bicyclic) bond motifs is 5. The molecule has 1 amide bonds. The van der Waals surface area contributed by atoms with Crippen LogP contribution in [0, 0.1) is 16.7 Å². The summed E-state index contributed by atoms with van der Waals surface area (Å²) in [5.74, 6) is -5.47. The van der Waals surface area contributed by atoms with E-state index in [0.29, 0.717) is 40.6 Å². The molecule has 3 aliphatic carbocycles. The summed E-state index contributed by atoms with van der Waals surface area (Å²) in [6.45, 7) is 25.3. The SMILES string of the molecule is CC[Si](CC)(CC)O[C@H]1C[C@H]2OC[C@@]2(OC(C)=O)[C@H]2[C@H](OC(=O)c3ccc(OCc4ccccc4)cc3)[C@]3(O)C[C@H](OC(=O)[C@H](O[Si](C)(C)C(C)(C)C)[C@@H](NC(=O)c4ccccc4)c4ccccc4)C(C)=C([C@@H](OC(C)=O)C(=O)[C@]12C)C3(C)C. The third-order valence-electron chi connectivity index (χ3n) is 19.3. The van der Waals surface area contributed by atoms with Crippen LogP contribution in [-0.4, -0.2) is 112 Å². The van der Waals surface area contributed by atoms with E-state index in [-0.39, 0.29) is 30.8 Å². The fourth-order valence-electron chi connectivity index (χ4n) is 13.1. The topological polar surface area (TPSA) is 209 Å². The summed E-state index contributed by atoms with van der Waals surface area (Å²) in [5, 5.41) is 17.3. The number of esters is 4. The molecule has 84 heavy (non-hydrogen) atoms. The third-order valence-corrected chi connectivity index (χ3v) is 28.4. The average molecular weight is 1190 g/mol. The molecular weight excluding hydrogens is 1100 g/mol. The predicted molar refractivity (Wildman–Crippen MR) is 321 cm³/mol. The van der Waals surface area contributed by atoms with Gasteiger partial charge < -0.3 is 47.7 Å². The second-order valence-electron chi connectivity index (χ2n) is 25.5. The highest BCUT2D eigenvalue weighted by molar-refractivity contribution is 6.74. The van der Waals surface area contributed by atoms with Crippen LogP contribution in [-0.2, 0) is 58.3 Å². The van der Waals surface area contributed by atoms with Gasteiger partial charge in [-0.25, -0.2) is 9.59 Å². The van der Waals surface area contributed by atoms with E-state index in [1.165, 1.54) is 13.8 Å². The second-order valence-corrected chi connectivity index (χ2v) is 35.0. The van der Waals surface area contributed by atoms with Gasteiger partial charge in [-0.1, -0.05) is 134 Å². The van der Waals surface area contributed by atoms with E-state index in [4.69, 9.17) is 37.3 Å². The molecule has 2 N–H and O–H groups in total. The number of carbonyl (C=O) groups is 6. The Morgan fingerprint density at radius 3 is 1.89 bits per heavy atom. The van der Waals surface area contributed by atoms with Gasteiger partial charge in [-0.3, -0.25) is 19.2 Å². The molecule has 4 aromatic rings. The minimum Gasteiger partial charge on any atom is -0.489 e. The zero-order chi connectivity index (χ0) is 61.4. The highest BCUT2D eigenvalue weighted by Crippen LogP contribution is 2.65. The first-order valence-electron chi connectivity index (χ1n) is 29.4. The molecular formula is C66H85NO15Si2. The van der Waals surface area contributed by atoms with Gasteiger partial charge in [0.05, 0.1) is 35.6 Å². The Kier molecular flexibility index (Phi) is 18.7. The lowest BCUT2D eigenvalue weighted by Gasteiger charge is -2.68. The van der Waals surface area contributed by atoms with Crippen LogP contribution in [0.25, 0.3) is 0 Å². The Morgan fingerprint density at radius 1 is 0.774 bits per heavy atom. The van der Waals surface area contributed by atoms with Gasteiger partial charge in [-0.15, -0.1) is 0 Å². The standard InChI is InChI=1S/C66H85NO15Si2/c1-15-84(16-2,17-3)81-50-37-51-65(40-76-51,80-43(6)69)56-58(79-60(72)47-33-35-48(36-34-47)75-39-44-27-21-18-22-28-44)66(74)38-49(41(4)52(63(66,10)11)54(77-42(5)68)57(70)64(50,56)12)78-61(73)55(82-83(13,14)62(7,8)9)53(45-29-23-19-24-30-45)67-59(71)46-31-25-20-26-32-46/h18-36,49-51,53-56,58,74H,15-17,37-40H2,1-14H3,(H,67,71)/t49-,50-,51+,53-,54+,55+,56-,58-,64+,65-,66+/m0/s1. The summed E-state index contributed by atoms with van der Waals surface area (Å²) in [4.78, 5) is 89.8. The van der Waals surface area contributed by atoms with Gasteiger partial charge in [0, 0.05) is 37.7 Å². The molecule has 1 saturated heterocycles. The largest absolute Gasteiger partial charge is 0.489 e. The van der Waals surface area contributed by atoms with Crippen molar-refractivity contribution in [1.29, 1.82) is 0 Å². The molecule has 0 unspecified atom stereocenters. The zero-order valence-electron chi connectivity index (χ0n) is 51.2. The summed E-state index contributed by atoms with van der Waals surface area (Å²) in [6.07, 6.45) is -8.82. The van der Waals surface area contributed by atoms with Crippen molar-refractivity contribution in [2.45, 2.75) is 193 Å². The maximum Gasteiger partial charge on any atom is 0.338 e. The second kappa shape index (κ2) is 24.6. The van der Waals surface area contributed by atoms with Crippen molar-refractivity contribution in [2.75, 3.05) is 6.61 Å². The molecule has 452 valence electrons. The van der Waals surface area contributed by atoms with Crippen LogP contribution in [0.5, 0.6) is 5.75 Å². The number of ether oxygens (including phenoxy) is 6. The summed E-state index contributed by atoms with van der Waals surface area (Å²) in [7, 11) is -5.67. The number of benzene rings is 4. The molecule has 4 aromatic carbocycles. The Bertz CT molecular complexity index is 3080. The monoisotopic (exact) mass is 1190 g/mol. The molecule has 0 radical (unpaired) electrons. The lowest BCUT2D eigenvalue weighted by molar-refractivity contribution is -0.344. The maximum absolute atomic E-state index is 16.8. The van der Waals surface area contributed by atoms with E-state index in [2.05, 4.69) is 26.1 Å². The number of nitrogens with one attached hydrogen (secondary N) is 1. The lowest BCUT2D eigenvalue weighted by atomic mass is 9.44. The van der Waals surface area contributed by atoms with Gasteiger partial charge in [-0.05, 0) is 109 Å². The molecule has 16 nitrogen and oxygen atoms in total. The molecule has 4 aliphatic rings. The van der Waals surface area contributed by atoms with E-state index >= 15 is 14.4 Å². The van der Waals surface area contributed by atoms with Crippen LogP contribution < -0.4 is 10.1 Å². The average Bonchev–Trinajstić information content (AvgIpc) is 0.693. The normalized spacial score (nSPS) is 27.2. The smallest absolute Gasteiger partial charge is 0.338 e. The quantitative estimate of drug-likeness (QED) is 0.0365. The zero-order valence-corrected chi connectivity index (χ0v) is 53.2. The minimum atomic E-state index is -2.97. The number of hydrogen-bond acceptors (Lipinski definition) is 15. The molecule has 1 aliphatic heterocycles. The van der Waals surface area contributed by atoms with Crippen LogP contribution in [0.1, 0.15) is 134 Å². The number of ketones is 1. The van der Waals surface area contributed by atoms with Crippen molar-refractivity contribution in [3.05, 3.63) is 149 Å². The van der Waals surface area contributed by atoms with Crippen LogP contribution >= 0.6 is 0 Å². The fourth-order valence-corrected chi connectivity index (χ4v) is 17.3. The van der Waals surface area contributed by atoms with Gasteiger partial charge >= 0.3 is 23.9 Å². The molecule has 0 spiro atoms. The summed E-state index contributed by atoms with van der Waals surface area (Å²) in [5.41, 5.74) is -5.37. The molecule has 0 aromatic heterocycles. The van der Waals surface area contributed by atoms with Crippen LogP contribution in [0.2, 0.25) is 36.3 Å². The van der Waals surface area contributed by atoms with Crippen molar-refractivity contribution in [1.82, 2.24) is 5.32 Å². The molecule has 11 atom stereocenters. The van der Waals surface area contributed by atoms with E-state index in [1.54, 1.807) is 107 Å². The summed E-state index contributed by atoms with van der Waals surface area (Å²) < 4.78 is 53.5. The highest BCUT2D eigenvalue weighted by Gasteiger charge is 2.79. The lowest BCUT2D eigenvalue weighted by Crippen LogP contribution is -2.82. The van der Waals surface area contributed by atoms with Gasteiger partial charge in [0.2, 0.25) is 0 Å². The number of Topliss-reactive ketones (excluding diaryl/α,β-unsaturated/α-hetero) is 1. The Hall–Kier alpha value is -6.29. The van der Waals surface area contributed by atoms with E-state index in [9.17, 15) is 19.5 Å². The highest BCUT2D eigenvalue weighted by atomic mass is 28.4. The van der Waals surface area contributed by atoms with Gasteiger partial charge in [0.15, 0.2) is 40.2 Å². The van der Waals surface area contributed by atoms with E-state index in [0.717, 1.165) is 5.56 Å². The van der Waals surface area contributed by atoms with Crippen LogP contribution in [0.4, 0.5) is 0 Å². The molecule has 1 heterocycles. The third kappa shape index (κ3) is 12.0. The summed E-state index contributed by atoms with van der Waals surface area (Å²) >= 11 is 0. The molecule has 18 heteroatoms. The first-order chi connectivity index (χ1) is 39.5. The van der Waals surface area contributed by atoms with Crippen LogP contribution in [0.3, 0.4) is 0 Å². The number of rotatable bonds is 20. The Balaban J connectivity index is 1.34. The fraction of sp³-hybridized carbons (Fsp3) is 0.515. The first-order valence-corrected chi connectivity index (χ1v) is 34.9.